The molecular weight excluding hydrogens is 344 g/mol. The van der Waals surface area contributed by atoms with E-state index in [-0.39, 0.29) is 18.4 Å². The molecule has 1 N–H and O–H groups in total. The summed E-state index contributed by atoms with van der Waals surface area (Å²) in [5.41, 5.74) is 2.17. The van der Waals surface area contributed by atoms with Gasteiger partial charge in [0.15, 0.2) is 6.61 Å². The van der Waals surface area contributed by atoms with E-state index in [1.807, 2.05) is 24.3 Å². The number of ether oxygens (including phenoxy) is 2. The lowest BCUT2D eigenvalue weighted by molar-refractivity contribution is -0.118. The Balaban J connectivity index is 1.61. The minimum Gasteiger partial charge on any atom is -0.484 e. The van der Waals surface area contributed by atoms with Gasteiger partial charge in [-0.3, -0.25) is 9.59 Å². The molecule has 6 nitrogen and oxygen atoms in total. The van der Waals surface area contributed by atoms with Crippen molar-refractivity contribution in [1.82, 2.24) is 4.90 Å². The van der Waals surface area contributed by atoms with Gasteiger partial charge in [-0.1, -0.05) is 31.2 Å². The van der Waals surface area contributed by atoms with Crippen LogP contribution in [-0.4, -0.2) is 49.6 Å². The van der Waals surface area contributed by atoms with Gasteiger partial charge < -0.3 is 19.7 Å². The average molecular weight is 368 g/mol. The molecule has 2 aromatic rings. The number of nitrogens with zero attached hydrogens (tertiary/aromatic N) is 1. The predicted molar refractivity (Wildman–Crippen MR) is 103 cm³/mol. The van der Waals surface area contributed by atoms with Crippen LogP contribution in [0.2, 0.25) is 0 Å². The summed E-state index contributed by atoms with van der Waals surface area (Å²) in [6, 6.07) is 14.7. The minimum atomic E-state index is -0.309. The highest BCUT2D eigenvalue weighted by Crippen LogP contribution is 2.18. The SMILES string of the molecule is CCc1ccc(OCC(=O)Nc2ccccc2C(=O)N2CCOCC2)cc1. The maximum Gasteiger partial charge on any atom is 0.262 e. The van der Waals surface area contributed by atoms with Gasteiger partial charge in [-0.05, 0) is 36.2 Å². The van der Waals surface area contributed by atoms with Crippen LogP contribution in [0.15, 0.2) is 48.5 Å². The largest absolute Gasteiger partial charge is 0.484 e. The molecule has 2 amide bonds. The van der Waals surface area contributed by atoms with E-state index < -0.39 is 0 Å². The van der Waals surface area contributed by atoms with Crippen molar-refractivity contribution in [2.45, 2.75) is 13.3 Å². The second-order valence-electron chi connectivity index (χ2n) is 6.28. The van der Waals surface area contributed by atoms with Crippen molar-refractivity contribution in [1.29, 1.82) is 0 Å². The zero-order valence-corrected chi connectivity index (χ0v) is 15.4. The van der Waals surface area contributed by atoms with Crippen LogP contribution in [0.3, 0.4) is 0 Å². The summed E-state index contributed by atoms with van der Waals surface area (Å²) in [7, 11) is 0. The van der Waals surface area contributed by atoms with Crippen molar-refractivity contribution in [2.24, 2.45) is 0 Å². The number of carbonyl (C=O) groups is 2. The van der Waals surface area contributed by atoms with Crippen LogP contribution in [0.1, 0.15) is 22.8 Å². The Morgan fingerprint density at radius 3 is 2.48 bits per heavy atom. The normalized spacial score (nSPS) is 13.9. The van der Waals surface area contributed by atoms with E-state index in [0.717, 1.165) is 6.42 Å². The Morgan fingerprint density at radius 1 is 1.07 bits per heavy atom. The molecule has 0 saturated carbocycles. The van der Waals surface area contributed by atoms with Crippen molar-refractivity contribution >= 4 is 17.5 Å². The van der Waals surface area contributed by atoms with Crippen molar-refractivity contribution in [3.8, 4) is 5.75 Å². The van der Waals surface area contributed by atoms with Gasteiger partial charge in [0.1, 0.15) is 5.75 Å². The second kappa shape index (κ2) is 9.19. The van der Waals surface area contributed by atoms with Crippen molar-refractivity contribution in [2.75, 3.05) is 38.2 Å². The summed E-state index contributed by atoms with van der Waals surface area (Å²) in [5.74, 6) is 0.224. The van der Waals surface area contributed by atoms with Crippen LogP contribution in [0.5, 0.6) is 5.75 Å². The molecule has 6 heteroatoms. The molecule has 0 bridgehead atoms. The molecule has 0 radical (unpaired) electrons. The number of hydrogen-bond acceptors (Lipinski definition) is 4. The summed E-state index contributed by atoms with van der Waals surface area (Å²) < 4.78 is 10.8. The molecule has 1 saturated heterocycles. The fraction of sp³-hybridized carbons (Fsp3) is 0.333. The molecule has 1 aliphatic rings. The molecule has 0 atom stereocenters. The number of anilines is 1. The molecule has 1 aliphatic heterocycles. The quantitative estimate of drug-likeness (QED) is 0.851. The van der Waals surface area contributed by atoms with Gasteiger partial charge in [0, 0.05) is 13.1 Å². The summed E-state index contributed by atoms with van der Waals surface area (Å²) >= 11 is 0. The zero-order chi connectivity index (χ0) is 19.1. The maximum absolute atomic E-state index is 12.7. The van der Waals surface area contributed by atoms with Crippen LogP contribution in [-0.2, 0) is 16.0 Å². The van der Waals surface area contributed by atoms with Gasteiger partial charge >= 0.3 is 0 Å². The molecule has 27 heavy (non-hydrogen) atoms. The molecule has 0 spiro atoms. The number of amides is 2. The topological polar surface area (TPSA) is 67.9 Å². The molecule has 142 valence electrons. The first-order valence-corrected chi connectivity index (χ1v) is 9.15. The van der Waals surface area contributed by atoms with Crippen molar-refractivity contribution in [3.63, 3.8) is 0 Å². The predicted octanol–water partition coefficient (Wildman–Crippen LogP) is 2.74. The number of carbonyl (C=O) groups excluding carboxylic acids is 2. The van der Waals surface area contributed by atoms with E-state index in [2.05, 4.69) is 12.2 Å². The lowest BCUT2D eigenvalue weighted by Gasteiger charge is -2.27. The first-order chi connectivity index (χ1) is 13.2. The third-order valence-corrected chi connectivity index (χ3v) is 4.43. The molecule has 0 unspecified atom stereocenters. The first kappa shape index (κ1) is 18.9. The molecule has 1 fully saturated rings. The summed E-state index contributed by atoms with van der Waals surface area (Å²) in [5, 5.41) is 2.78. The Labute approximate surface area is 159 Å². The standard InChI is InChI=1S/C21H24N2O4/c1-2-16-7-9-17(10-8-16)27-15-20(24)22-19-6-4-3-5-18(19)21(25)23-11-13-26-14-12-23/h3-10H,2,11-15H2,1H3,(H,22,24). The highest BCUT2D eigenvalue weighted by molar-refractivity contribution is 6.04. The van der Waals surface area contributed by atoms with Crippen LogP contribution < -0.4 is 10.1 Å². The Bertz CT molecular complexity index is 783. The van der Waals surface area contributed by atoms with E-state index in [4.69, 9.17) is 9.47 Å². The van der Waals surface area contributed by atoms with Gasteiger partial charge in [0.05, 0.1) is 24.5 Å². The zero-order valence-electron chi connectivity index (χ0n) is 15.4. The van der Waals surface area contributed by atoms with Gasteiger partial charge in [-0.15, -0.1) is 0 Å². The molecule has 3 rings (SSSR count). The number of hydrogen-bond donors (Lipinski definition) is 1. The van der Waals surface area contributed by atoms with Gasteiger partial charge in [0.25, 0.3) is 11.8 Å². The maximum atomic E-state index is 12.7. The summed E-state index contributed by atoms with van der Waals surface area (Å²) in [6.45, 7) is 4.14. The van der Waals surface area contributed by atoms with Crippen LogP contribution in [0.4, 0.5) is 5.69 Å². The monoisotopic (exact) mass is 368 g/mol. The van der Waals surface area contributed by atoms with E-state index >= 15 is 0 Å². The highest BCUT2D eigenvalue weighted by atomic mass is 16.5. The van der Waals surface area contributed by atoms with Gasteiger partial charge in [0.2, 0.25) is 0 Å². The lowest BCUT2D eigenvalue weighted by atomic mass is 10.1. The van der Waals surface area contributed by atoms with Crippen LogP contribution in [0.25, 0.3) is 0 Å². The smallest absolute Gasteiger partial charge is 0.262 e. The lowest BCUT2D eigenvalue weighted by Crippen LogP contribution is -2.41. The first-order valence-electron chi connectivity index (χ1n) is 9.15. The van der Waals surface area contributed by atoms with Crippen LogP contribution >= 0.6 is 0 Å². The third kappa shape index (κ3) is 5.08. The molecule has 2 aromatic carbocycles. The van der Waals surface area contributed by atoms with Crippen LogP contribution in [0, 0.1) is 0 Å². The Hall–Kier alpha value is -2.86. The summed E-state index contributed by atoms with van der Waals surface area (Å²) in [6.07, 6.45) is 0.953. The molecular formula is C21H24N2O4. The summed E-state index contributed by atoms with van der Waals surface area (Å²) in [4.78, 5) is 26.7. The second-order valence-corrected chi connectivity index (χ2v) is 6.28. The van der Waals surface area contributed by atoms with Gasteiger partial charge in [-0.2, -0.15) is 0 Å². The number of nitrogens with one attached hydrogen (secondary N) is 1. The molecule has 0 aliphatic carbocycles. The Morgan fingerprint density at radius 2 is 1.78 bits per heavy atom. The fourth-order valence-corrected chi connectivity index (χ4v) is 2.87. The number of para-hydroxylation sites is 1. The molecule has 1 heterocycles. The third-order valence-electron chi connectivity index (χ3n) is 4.43. The van der Waals surface area contributed by atoms with E-state index in [0.29, 0.717) is 43.3 Å². The highest BCUT2D eigenvalue weighted by Gasteiger charge is 2.21. The van der Waals surface area contributed by atoms with E-state index in [1.165, 1.54) is 5.56 Å². The van der Waals surface area contributed by atoms with E-state index in [1.54, 1.807) is 29.2 Å². The number of benzene rings is 2. The number of aryl methyl sites for hydroxylation is 1. The van der Waals surface area contributed by atoms with E-state index in [9.17, 15) is 9.59 Å². The van der Waals surface area contributed by atoms with Crippen molar-refractivity contribution in [3.05, 3.63) is 59.7 Å². The van der Waals surface area contributed by atoms with Gasteiger partial charge in [-0.25, -0.2) is 0 Å². The number of morpholine rings is 1. The average Bonchev–Trinajstić information content (AvgIpc) is 2.73. The Kier molecular flexibility index (Phi) is 6.44. The fourth-order valence-electron chi connectivity index (χ4n) is 2.87. The minimum absolute atomic E-state index is 0.106. The molecule has 0 aromatic heterocycles. The van der Waals surface area contributed by atoms with Crippen molar-refractivity contribution < 1.29 is 19.1 Å². The number of rotatable bonds is 6.